The van der Waals surface area contributed by atoms with E-state index in [0.717, 1.165) is 19.1 Å². The minimum atomic E-state index is -1.24. The Labute approximate surface area is 161 Å². The molecule has 8 heteroatoms. The van der Waals surface area contributed by atoms with Gasteiger partial charge in [0.05, 0.1) is 12.0 Å². The standard InChI is InChI=1S/C18H31N2O4PS/c1-5-7-19-10-11-9-12(18(26)20-17(11)23)16-15(22)14(21)13(24-16)6-8-25(2,3)4/h9,11,13-16,19,21-22H,2,5-8,10H2,1,3-4H3,(H,20,23,26)/t11?,13-,14-,15-,16+/m1/s1. The van der Waals surface area contributed by atoms with Crippen LogP contribution in [0.1, 0.15) is 19.8 Å². The maximum atomic E-state index is 12.1. The average molecular weight is 402 g/mol. The first-order chi connectivity index (χ1) is 12.1. The zero-order chi connectivity index (χ0) is 19.5. The number of aliphatic hydroxyl groups is 2. The summed E-state index contributed by atoms with van der Waals surface area (Å²) in [6.45, 7) is 6.40. The molecule has 1 saturated heterocycles. The highest BCUT2D eigenvalue weighted by Crippen LogP contribution is 2.39. The van der Waals surface area contributed by atoms with Gasteiger partial charge in [0.2, 0.25) is 5.91 Å². The van der Waals surface area contributed by atoms with Crippen molar-refractivity contribution in [3.05, 3.63) is 11.6 Å². The van der Waals surface area contributed by atoms with Gasteiger partial charge in [-0.1, -0.05) is 25.2 Å². The third kappa shape index (κ3) is 5.47. The summed E-state index contributed by atoms with van der Waals surface area (Å²) in [6, 6.07) is 0. The van der Waals surface area contributed by atoms with Gasteiger partial charge in [-0.3, -0.25) is 4.79 Å². The number of rotatable bonds is 8. The van der Waals surface area contributed by atoms with Crippen LogP contribution < -0.4 is 10.6 Å². The third-order valence-electron chi connectivity index (χ3n) is 4.70. The van der Waals surface area contributed by atoms with Gasteiger partial charge in [-0.15, -0.1) is 13.2 Å². The number of nitrogens with one attached hydrogen (secondary N) is 2. The van der Waals surface area contributed by atoms with Crippen LogP contribution in [0.2, 0.25) is 0 Å². The van der Waals surface area contributed by atoms with Gasteiger partial charge in [0.1, 0.15) is 23.3 Å². The van der Waals surface area contributed by atoms with E-state index in [1.54, 1.807) is 6.08 Å². The summed E-state index contributed by atoms with van der Waals surface area (Å²) in [7, 11) is 0. The molecule has 0 spiro atoms. The lowest BCUT2D eigenvalue weighted by Crippen LogP contribution is -2.47. The molecule has 1 amide bonds. The highest BCUT2D eigenvalue weighted by atomic mass is 32.1. The second-order valence-electron chi connectivity index (χ2n) is 7.78. The normalized spacial score (nSPS) is 32.5. The largest absolute Gasteiger partial charge is 0.388 e. The van der Waals surface area contributed by atoms with Gasteiger partial charge in [-0.05, 0) is 38.9 Å². The molecule has 0 aromatic heterocycles. The fourth-order valence-corrected chi connectivity index (χ4v) is 4.41. The highest BCUT2D eigenvalue weighted by molar-refractivity contribution is 7.80. The van der Waals surface area contributed by atoms with Crippen molar-refractivity contribution >= 4 is 36.3 Å². The summed E-state index contributed by atoms with van der Waals surface area (Å²) in [6.07, 6.45) is 5.24. The maximum absolute atomic E-state index is 12.1. The summed E-state index contributed by atoms with van der Waals surface area (Å²) in [4.78, 5) is 12.4. The number of thiocarbonyl (C=S) groups is 1. The number of carbonyl (C=O) groups is 1. The lowest BCUT2D eigenvalue weighted by Gasteiger charge is -2.27. The zero-order valence-electron chi connectivity index (χ0n) is 15.8. The van der Waals surface area contributed by atoms with E-state index < -0.39 is 31.3 Å². The SMILES string of the molecule is C=P(C)(C)CC[C@H]1O[C@@H](C2=CC(CNCCC)C(=O)NC2=S)[C@H](O)[C@@H]1O. The molecule has 2 heterocycles. The van der Waals surface area contributed by atoms with E-state index in [2.05, 4.69) is 37.2 Å². The second-order valence-corrected chi connectivity index (χ2v) is 12.5. The molecule has 0 radical (unpaired) electrons. The molecule has 6 nitrogen and oxygen atoms in total. The number of aliphatic hydroxyl groups excluding tert-OH is 2. The predicted octanol–water partition coefficient (Wildman–Crippen LogP) is 0.574. The van der Waals surface area contributed by atoms with Crippen molar-refractivity contribution < 1.29 is 19.7 Å². The Hall–Kier alpha value is -0.560. The van der Waals surface area contributed by atoms with Crippen molar-refractivity contribution in [3.63, 3.8) is 0 Å². The van der Waals surface area contributed by atoms with Crippen molar-refractivity contribution in [1.82, 2.24) is 10.6 Å². The van der Waals surface area contributed by atoms with Gasteiger partial charge in [0.15, 0.2) is 0 Å². The molecule has 0 aromatic carbocycles. The van der Waals surface area contributed by atoms with Crippen LogP contribution in [0.3, 0.4) is 0 Å². The van der Waals surface area contributed by atoms with E-state index in [9.17, 15) is 15.0 Å². The van der Waals surface area contributed by atoms with Crippen molar-refractivity contribution in [3.8, 4) is 0 Å². The van der Waals surface area contributed by atoms with Gasteiger partial charge < -0.3 is 25.6 Å². The molecule has 0 bridgehead atoms. The molecule has 148 valence electrons. The van der Waals surface area contributed by atoms with Gasteiger partial charge in [-0.2, -0.15) is 0 Å². The van der Waals surface area contributed by atoms with Crippen molar-refractivity contribution in [2.75, 3.05) is 32.6 Å². The average Bonchev–Trinajstić information content (AvgIpc) is 2.83. The molecule has 0 aromatic rings. The molecule has 1 fully saturated rings. The Morgan fingerprint density at radius 1 is 1.38 bits per heavy atom. The molecule has 2 aliphatic rings. The Morgan fingerprint density at radius 2 is 2.08 bits per heavy atom. The molecule has 4 N–H and O–H groups in total. The second kappa shape index (κ2) is 9.09. The van der Waals surface area contributed by atoms with Crippen LogP contribution in [-0.2, 0) is 9.53 Å². The number of ether oxygens (including phenoxy) is 1. The molecule has 0 saturated carbocycles. The quantitative estimate of drug-likeness (QED) is 0.270. The van der Waals surface area contributed by atoms with Crippen LogP contribution >= 0.6 is 19.1 Å². The Kier molecular flexibility index (Phi) is 7.60. The van der Waals surface area contributed by atoms with Crippen LogP contribution in [0, 0.1) is 5.92 Å². The number of hydrogen-bond donors (Lipinski definition) is 4. The van der Waals surface area contributed by atoms with Gasteiger partial charge >= 0.3 is 0 Å². The molecule has 26 heavy (non-hydrogen) atoms. The minimum absolute atomic E-state index is 0.157. The van der Waals surface area contributed by atoms with Crippen LogP contribution in [0.4, 0.5) is 0 Å². The minimum Gasteiger partial charge on any atom is -0.388 e. The fourth-order valence-electron chi connectivity index (χ4n) is 3.18. The first kappa shape index (κ1) is 21.7. The van der Waals surface area contributed by atoms with E-state index in [0.29, 0.717) is 18.5 Å². The summed E-state index contributed by atoms with van der Waals surface area (Å²) < 4.78 is 5.96. The van der Waals surface area contributed by atoms with Crippen LogP contribution in [-0.4, -0.2) is 84.4 Å². The fraction of sp³-hybridized carbons (Fsp3) is 0.722. The summed E-state index contributed by atoms with van der Waals surface area (Å²) in [5.74, 6) is -0.532. The van der Waals surface area contributed by atoms with Gasteiger partial charge in [0, 0.05) is 12.1 Å². The van der Waals surface area contributed by atoms with E-state index >= 15 is 0 Å². The molecule has 1 unspecified atom stereocenters. The number of hydrogen-bond acceptors (Lipinski definition) is 6. The molecule has 5 atom stereocenters. The van der Waals surface area contributed by atoms with Crippen LogP contribution in [0.5, 0.6) is 0 Å². The van der Waals surface area contributed by atoms with Gasteiger partial charge in [-0.25, -0.2) is 0 Å². The lowest BCUT2D eigenvalue weighted by molar-refractivity contribution is -0.122. The maximum Gasteiger partial charge on any atom is 0.233 e. The topological polar surface area (TPSA) is 90.8 Å². The number of amides is 1. The molecular formula is C18H31N2O4PS. The Balaban J connectivity index is 2.11. The smallest absolute Gasteiger partial charge is 0.233 e. The van der Waals surface area contributed by atoms with Crippen molar-refractivity contribution in [1.29, 1.82) is 0 Å². The summed E-state index contributed by atoms with van der Waals surface area (Å²) in [5.41, 5.74) is 0.584. The Morgan fingerprint density at radius 3 is 2.69 bits per heavy atom. The molecule has 2 aliphatic heterocycles. The van der Waals surface area contributed by atoms with Crippen LogP contribution in [0.25, 0.3) is 0 Å². The van der Waals surface area contributed by atoms with E-state index in [1.165, 1.54) is 0 Å². The Bertz CT molecular complexity index is 618. The van der Waals surface area contributed by atoms with Crippen molar-refractivity contribution in [2.45, 2.75) is 44.2 Å². The van der Waals surface area contributed by atoms with Crippen LogP contribution in [0.15, 0.2) is 11.6 Å². The number of carbonyl (C=O) groups excluding carboxylic acids is 1. The third-order valence-corrected chi connectivity index (χ3v) is 6.50. The molecular weight excluding hydrogens is 371 g/mol. The molecule has 2 rings (SSSR count). The van der Waals surface area contributed by atoms with E-state index in [1.807, 2.05) is 0 Å². The first-order valence-corrected chi connectivity index (χ1v) is 12.6. The molecule has 0 aliphatic carbocycles. The monoisotopic (exact) mass is 402 g/mol. The van der Waals surface area contributed by atoms with Gasteiger partial charge in [0.25, 0.3) is 0 Å². The first-order valence-electron chi connectivity index (χ1n) is 9.10. The van der Waals surface area contributed by atoms with Crippen molar-refractivity contribution in [2.24, 2.45) is 5.92 Å². The summed E-state index contributed by atoms with van der Waals surface area (Å²) in [5, 5.41) is 26.8. The van der Waals surface area contributed by atoms with E-state index in [4.69, 9.17) is 17.0 Å². The summed E-state index contributed by atoms with van der Waals surface area (Å²) >= 11 is 5.29. The predicted molar refractivity (Wildman–Crippen MR) is 112 cm³/mol. The zero-order valence-corrected chi connectivity index (χ0v) is 17.5. The highest BCUT2D eigenvalue weighted by Gasteiger charge is 2.46. The lowest BCUT2D eigenvalue weighted by atomic mass is 9.93. The van der Waals surface area contributed by atoms with E-state index in [-0.39, 0.29) is 16.8 Å².